The van der Waals surface area contributed by atoms with Crippen LogP contribution >= 0.6 is 0 Å². The van der Waals surface area contributed by atoms with E-state index in [2.05, 4.69) is 88.4 Å². The average molecular weight is 979 g/mol. The first-order valence-electron chi connectivity index (χ1n) is 28.3. The topological polar surface area (TPSA) is 71.1 Å². The van der Waals surface area contributed by atoms with Gasteiger partial charge in [-0.3, -0.25) is 9.59 Å². The Morgan fingerprint density at radius 2 is 0.473 bits per heavy atom. The standard InChI is InChI=1S/C68H66O6/c1-5-9-13-17-33-71-47-37-48(72-34-18-14-10-6-2)56-40-26-22-30-44-52(40)60-62-54-42(28-24-32-46(54)68(44)70)58-50(74-36-20-16-12-8-4)38-49(73-35-19-15-11-7-3)57-41-27-23-31-45-53(41)61(66(62)64(57)58)59-51-39(55(47)63(56)65(59)60)25-21-29-43(51)67(45)69/h21-32,37-38H,5-20,33-36H2,1-4H3. The molecule has 13 aromatic carbocycles. The predicted molar refractivity (Wildman–Crippen MR) is 315 cm³/mol. The summed E-state index contributed by atoms with van der Waals surface area (Å²) in [5, 5.41) is 22.8. The van der Waals surface area contributed by atoms with Crippen LogP contribution in [0.1, 0.15) is 130 Å². The molecule has 0 saturated carbocycles. The maximum absolute atomic E-state index is 15.9. The first-order valence-corrected chi connectivity index (χ1v) is 28.3. The highest BCUT2D eigenvalue weighted by Crippen LogP contribution is 2.61. The number of rotatable bonds is 24. The van der Waals surface area contributed by atoms with Gasteiger partial charge in [0.25, 0.3) is 0 Å². The molecule has 0 spiro atoms. The van der Waals surface area contributed by atoms with Gasteiger partial charge in [0.1, 0.15) is 23.0 Å². The second kappa shape index (κ2) is 19.1. The molecule has 0 aromatic heterocycles. The molecule has 0 atom stereocenters. The zero-order valence-corrected chi connectivity index (χ0v) is 43.7. The molecule has 6 nitrogen and oxygen atoms in total. The van der Waals surface area contributed by atoms with E-state index in [1.165, 1.54) is 0 Å². The van der Waals surface area contributed by atoms with Crippen molar-refractivity contribution in [2.75, 3.05) is 26.4 Å². The minimum atomic E-state index is 0.00366. The van der Waals surface area contributed by atoms with Crippen LogP contribution in [0.3, 0.4) is 0 Å². The number of benzene rings is 11. The van der Waals surface area contributed by atoms with Crippen LogP contribution in [0.15, 0.2) is 94.5 Å². The Morgan fingerprint density at radius 3 is 0.716 bits per heavy atom. The van der Waals surface area contributed by atoms with E-state index in [0.29, 0.717) is 48.0 Å². The monoisotopic (exact) mass is 978 g/mol. The zero-order chi connectivity index (χ0) is 50.2. The lowest BCUT2D eigenvalue weighted by molar-refractivity contribution is 0.295. The van der Waals surface area contributed by atoms with Crippen LogP contribution in [0.2, 0.25) is 0 Å². The van der Waals surface area contributed by atoms with E-state index >= 15 is 9.59 Å². The van der Waals surface area contributed by atoms with Gasteiger partial charge in [0, 0.05) is 120 Å². The van der Waals surface area contributed by atoms with E-state index in [1.807, 2.05) is 24.3 Å². The average Bonchev–Trinajstić information content (AvgIpc) is 3.71. The second-order valence-corrected chi connectivity index (χ2v) is 21.5. The first kappa shape index (κ1) is 46.8. The summed E-state index contributed by atoms with van der Waals surface area (Å²) in [5.74, 6) is 3.10. The molecule has 13 rings (SSSR count). The number of fused-ring (bicyclic) bond motifs is 4. The van der Waals surface area contributed by atoms with Crippen LogP contribution in [0, 0.1) is 0 Å². The molecule has 0 aliphatic carbocycles. The summed E-state index contributed by atoms with van der Waals surface area (Å²) in [6, 6.07) is 29.5. The maximum Gasteiger partial charge on any atom is 0.194 e. The summed E-state index contributed by atoms with van der Waals surface area (Å²) in [6.07, 6.45) is 17.3. The van der Waals surface area contributed by atoms with Crippen LogP contribution in [0.25, 0.3) is 129 Å². The third-order valence-electron chi connectivity index (χ3n) is 16.8. The van der Waals surface area contributed by atoms with Gasteiger partial charge in [-0.05, 0) is 47.2 Å². The molecule has 0 heterocycles. The van der Waals surface area contributed by atoms with Gasteiger partial charge in [-0.25, -0.2) is 0 Å². The molecule has 0 unspecified atom stereocenters. The number of hydrogen-bond donors (Lipinski definition) is 0. The van der Waals surface area contributed by atoms with Crippen molar-refractivity contribution in [3.63, 3.8) is 0 Å². The molecule has 374 valence electrons. The Labute approximate surface area is 431 Å². The van der Waals surface area contributed by atoms with Gasteiger partial charge in [0.15, 0.2) is 10.9 Å². The molecular weight excluding hydrogens is 913 g/mol. The molecule has 13 aromatic rings. The van der Waals surface area contributed by atoms with Crippen LogP contribution in [-0.4, -0.2) is 26.4 Å². The van der Waals surface area contributed by atoms with Gasteiger partial charge in [0.2, 0.25) is 0 Å². The normalized spacial score (nSPS) is 12.7. The lowest BCUT2D eigenvalue weighted by atomic mass is 9.77. The van der Waals surface area contributed by atoms with E-state index in [9.17, 15) is 0 Å². The largest absolute Gasteiger partial charge is 0.493 e. The third-order valence-corrected chi connectivity index (χ3v) is 16.8. The fourth-order valence-electron chi connectivity index (χ4n) is 13.6. The molecule has 0 aliphatic heterocycles. The van der Waals surface area contributed by atoms with Crippen LogP contribution in [0.4, 0.5) is 0 Å². The summed E-state index contributed by atoms with van der Waals surface area (Å²) in [4.78, 5) is 31.8. The second-order valence-electron chi connectivity index (χ2n) is 21.5. The zero-order valence-electron chi connectivity index (χ0n) is 43.7. The minimum Gasteiger partial charge on any atom is -0.493 e. The van der Waals surface area contributed by atoms with Gasteiger partial charge in [0.05, 0.1) is 26.4 Å². The SMILES string of the molecule is CCCCCCOc1cc(OCCCCCC)c2c3cccc4c(=O)c5cccc6c7c(OCCCCCC)cc(OCCCCCC)c8c9cccc%10c(=O)c%11cccc%12c1c2c1c(c%11%12)c(c%109)c(c87)c(c56)c1c43. The quantitative estimate of drug-likeness (QED) is 0.0341. The Balaban J connectivity index is 1.30. The highest BCUT2D eigenvalue weighted by molar-refractivity contribution is 6.59. The highest BCUT2D eigenvalue weighted by Gasteiger charge is 2.34. The Hall–Kier alpha value is -6.92. The lowest BCUT2D eigenvalue weighted by Gasteiger charge is -2.27. The van der Waals surface area contributed by atoms with Crippen molar-refractivity contribution in [3.8, 4) is 23.0 Å². The molecular formula is C68H66O6. The van der Waals surface area contributed by atoms with Gasteiger partial charge in [-0.1, -0.05) is 178 Å². The fourth-order valence-corrected chi connectivity index (χ4v) is 13.6. The van der Waals surface area contributed by atoms with Crippen molar-refractivity contribution in [1.82, 2.24) is 0 Å². The number of unbranched alkanes of at least 4 members (excludes halogenated alkanes) is 12. The Bertz CT molecular complexity index is 3770. The molecule has 0 radical (unpaired) electrons. The van der Waals surface area contributed by atoms with E-state index in [-0.39, 0.29) is 10.9 Å². The van der Waals surface area contributed by atoms with Crippen molar-refractivity contribution in [1.29, 1.82) is 0 Å². The first-order chi connectivity index (χ1) is 36.5. The summed E-state index contributed by atoms with van der Waals surface area (Å²) in [7, 11) is 0. The van der Waals surface area contributed by atoms with E-state index in [4.69, 9.17) is 18.9 Å². The van der Waals surface area contributed by atoms with Gasteiger partial charge in [-0.2, -0.15) is 0 Å². The van der Waals surface area contributed by atoms with Crippen LogP contribution in [0.5, 0.6) is 23.0 Å². The molecule has 0 N–H and O–H groups in total. The third kappa shape index (κ3) is 6.88. The number of ether oxygens (including phenoxy) is 4. The Kier molecular flexibility index (Phi) is 12.1. The maximum atomic E-state index is 15.9. The summed E-state index contributed by atoms with van der Waals surface area (Å²) in [6.45, 7) is 11.2. The lowest BCUT2D eigenvalue weighted by Crippen LogP contribution is -2.04. The minimum absolute atomic E-state index is 0.00366. The Morgan fingerprint density at radius 1 is 0.257 bits per heavy atom. The molecule has 0 bridgehead atoms. The van der Waals surface area contributed by atoms with Crippen LogP contribution in [-0.2, 0) is 0 Å². The summed E-state index contributed by atoms with van der Waals surface area (Å²) in [5.41, 5.74) is 0.00731. The van der Waals surface area contributed by atoms with Gasteiger partial charge < -0.3 is 18.9 Å². The van der Waals surface area contributed by atoms with Crippen molar-refractivity contribution in [3.05, 3.63) is 105 Å². The number of hydrogen-bond acceptors (Lipinski definition) is 6. The summed E-state index contributed by atoms with van der Waals surface area (Å²) >= 11 is 0. The molecule has 0 aliphatic rings. The van der Waals surface area contributed by atoms with Gasteiger partial charge in [-0.15, -0.1) is 0 Å². The van der Waals surface area contributed by atoms with E-state index in [0.717, 1.165) is 233 Å². The molecule has 0 fully saturated rings. The van der Waals surface area contributed by atoms with Crippen LogP contribution < -0.4 is 29.8 Å². The molecule has 74 heavy (non-hydrogen) atoms. The van der Waals surface area contributed by atoms with E-state index in [1.54, 1.807) is 0 Å². The highest BCUT2D eigenvalue weighted by atomic mass is 16.5. The van der Waals surface area contributed by atoms with E-state index < -0.39 is 0 Å². The molecule has 0 amide bonds. The van der Waals surface area contributed by atoms with Crippen molar-refractivity contribution in [2.45, 2.75) is 130 Å². The smallest absolute Gasteiger partial charge is 0.194 e. The molecule has 6 heteroatoms. The van der Waals surface area contributed by atoms with Crippen molar-refractivity contribution < 1.29 is 18.9 Å². The van der Waals surface area contributed by atoms with Crippen molar-refractivity contribution >= 4 is 129 Å². The summed E-state index contributed by atoms with van der Waals surface area (Å²) < 4.78 is 28.3. The van der Waals surface area contributed by atoms with Gasteiger partial charge >= 0.3 is 0 Å². The fraction of sp³-hybridized carbons (Fsp3) is 0.353. The van der Waals surface area contributed by atoms with Crippen molar-refractivity contribution in [2.24, 2.45) is 0 Å². The molecule has 0 saturated heterocycles. The predicted octanol–water partition coefficient (Wildman–Crippen LogP) is 18.7.